The Balaban J connectivity index is 1.34. The molecule has 0 bridgehead atoms. The molecular weight excluding hydrogens is 492 g/mol. The van der Waals surface area contributed by atoms with Crippen molar-refractivity contribution in [3.8, 4) is 17.1 Å². The molecule has 1 N–H and O–H groups in total. The minimum Gasteiger partial charge on any atom is -0.319 e. The fourth-order valence-corrected chi connectivity index (χ4v) is 6.46. The molecule has 1 amide bonds. The molecule has 0 spiro atoms. The van der Waals surface area contributed by atoms with Gasteiger partial charge in [-0.05, 0) is 50.3 Å². The lowest BCUT2D eigenvalue weighted by Gasteiger charge is -2.13. The number of rotatable bonds is 8. The van der Waals surface area contributed by atoms with E-state index in [0.717, 1.165) is 29.9 Å². The zero-order chi connectivity index (χ0) is 25.2. The van der Waals surface area contributed by atoms with Crippen molar-refractivity contribution >= 4 is 34.7 Å². The van der Waals surface area contributed by atoms with Crippen LogP contribution in [0.25, 0.3) is 17.1 Å². The second kappa shape index (κ2) is 10.3. The van der Waals surface area contributed by atoms with Crippen molar-refractivity contribution in [2.24, 2.45) is 7.05 Å². The van der Waals surface area contributed by atoms with Crippen LogP contribution in [0.1, 0.15) is 29.0 Å². The molecule has 186 valence electrons. The maximum Gasteiger partial charge on any atom is 0.295 e. The number of nitrogens with zero attached hydrogens (tertiary/aromatic N) is 5. The van der Waals surface area contributed by atoms with E-state index < -0.39 is 0 Å². The number of amides is 1. The van der Waals surface area contributed by atoms with Crippen molar-refractivity contribution in [3.63, 3.8) is 0 Å². The highest BCUT2D eigenvalue weighted by atomic mass is 32.2. The van der Waals surface area contributed by atoms with Crippen LogP contribution in [0.15, 0.2) is 58.3 Å². The summed E-state index contributed by atoms with van der Waals surface area (Å²) < 4.78 is 5.31. The summed E-state index contributed by atoms with van der Waals surface area (Å²) in [6.45, 7) is 6.26. The minimum atomic E-state index is -0.270. The maximum atomic E-state index is 13.1. The maximum absolute atomic E-state index is 13.1. The molecule has 0 fully saturated rings. The van der Waals surface area contributed by atoms with Gasteiger partial charge < -0.3 is 5.32 Å². The second-order valence-electron chi connectivity index (χ2n) is 8.74. The molecule has 3 aromatic heterocycles. The third kappa shape index (κ3) is 4.46. The summed E-state index contributed by atoms with van der Waals surface area (Å²) in [7, 11) is 1.80. The van der Waals surface area contributed by atoms with Crippen molar-refractivity contribution in [2.45, 2.75) is 44.3 Å². The molecule has 0 radical (unpaired) electrons. The van der Waals surface area contributed by atoms with Crippen LogP contribution in [-0.2, 0) is 31.2 Å². The van der Waals surface area contributed by atoms with E-state index in [9.17, 15) is 9.59 Å². The third-order valence-electron chi connectivity index (χ3n) is 6.48. The number of aromatic nitrogens is 5. The van der Waals surface area contributed by atoms with Crippen molar-refractivity contribution in [2.75, 3.05) is 11.1 Å². The van der Waals surface area contributed by atoms with Gasteiger partial charge in [0.1, 0.15) is 5.69 Å². The fraction of sp³-hybridized carbons (Fsp3) is 0.308. The number of nitrogens with one attached hydrogen (secondary N) is 1. The Morgan fingerprint density at radius 2 is 2.00 bits per heavy atom. The summed E-state index contributed by atoms with van der Waals surface area (Å²) in [4.78, 5) is 27.4. The molecule has 36 heavy (non-hydrogen) atoms. The number of benzene rings is 1. The SMILES string of the molecule is C=CCn1c(SCC(=O)Nc2c(C)n(C)n(-c3ccccc3)c2=O)nnc1-c1csc2c1CCCC2. The van der Waals surface area contributed by atoms with Gasteiger partial charge in [-0.3, -0.25) is 18.8 Å². The first kappa shape index (κ1) is 24.3. The molecule has 0 aliphatic heterocycles. The number of anilines is 1. The van der Waals surface area contributed by atoms with Crippen LogP contribution in [0, 0.1) is 6.92 Å². The largest absolute Gasteiger partial charge is 0.319 e. The summed E-state index contributed by atoms with van der Waals surface area (Å²) >= 11 is 3.10. The summed E-state index contributed by atoms with van der Waals surface area (Å²) in [5.74, 6) is 0.659. The van der Waals surface area contributed by atoms with Crippen LogP contribution in [0.2, 0.25) is 0 Å². The molecule has 1 aliphatic carbocycles. The second-order valence-corrected chi connectivity index (χ2v) is 10.6. The van der Waals surface area contributed by atoms with E-state index >= 15 is 0 Å². The van der Waals surface area contributed by atoms with E-state index in [2.05, 4.69) is 27.5 Å². The lowest BCUT2D eigenvalue weighted by molar-refractivity contribution is -0.113. The molecule has 1 aromatic carbocycles. The normalized spacial score (nSPS) is 12.9. The smallest absolute Gasteiger partial charge is 0.295 e. The van der Waals surface area contributed by atoms with Crippen LogP contribution in [0.3, 0.4) is 0 Å². The average molecular weight is 521 g/mol. The van der Waals surface area contributed by atoms with Gasteiger partial charge in [-0.1, -0.05) is 36.0 Å². The number of thiophene rings is 1. The molecule has 0 saturated carbocycles. The van der Waals surface area contributed by atoms with Gasteiger partial charge in [-0.15, -0.1) is 28.1 Å². The number of para-hydroxylation sites is 1. The van der Waals surface area contributed by atoms with Crippen LogP contribution in [-0.4, -0.2) is 35.8 Å². The van der Waals surface area contributed by atoms with E-state index in [1.165, 1.54) is 35.0 Å². The number of carbonyl (C=O) groups is 1. The lowest BCUT2D eigenvalue weighted by Crippen LogP contribution is -2.23. The van der Waals surface area contributed by atoms with Gasteiger partial charge in [-0.2, -0.15) is 0 Å². The van der Waals surface area contributed by atoms with E-state index in [1.807, 2.05) is 47.9 Å². The molecule has 4 aromatic rings. The van der Waals surface area contributed by atoms with Crippen LogP contribution in [0.5, 0.6) is 0 Å². The van der Waals surface area contributed by atoms with Crippen molar-refractivity contribution in [3.05, 3.63) is 74.9 Å². The van der Waals surface area contributed by atoms with Crippen molar-refractivity contribution in [1.29, 1.82) is 0 Å². The molecule has 0 atom stereocenters. The first-order valence-corrected chi connectivity index (χ1v) is 13.8. The third-order valence-corrected chi connectivity index (χ3v) is 8.54. The molecule has 5 rings (SSSR count). The topological polar surface area (TPSA) is 86.7 Å². The molecule has 0 saturated heterocycles. The van der Waals surface area contributed by atoms with Gasteiger partial charge in [0.15, 0.2) is 11.0 Å². The van der Waals surface area contributed by atoms with Crippen LogP contribution >= 0.6 is 23.1 Å². The van der Waals surface area contributed by atoms with Crippen LogP contribution < -0.4 is 10.9 Å². The summed E-state index contributed by atoms with van der Waals surface area (Å²) in [6, 6.07) is 9.36. The van der Waals surface area contributed by atoms with E-state index in [4.69, 9.17) is 0 Å². The predicted molar refractivity (Wildman–Crippen MR) is 145 cm³/mol. The lowest BCUT2D eigenvalue weighted by atomic mass is 9.95. The highest BCUT2D eigenvalue weighted by molar-refractivity contribution is 7.99. The van der Waals surface area contributed by atoms with Gasteiger partial charge in [-0.25, -0.2) is 4.68 Å². The van der Waals surface area contributed by atoms with Crippen molar-refractivity contribution in [1.82, 2.24) is 24.1 Å². The van der Waals surface area contributed by atoms with E-state index in [1.54, 1.807) is 27.7 Å². The zero-order valence-corrected chi connectivity index (χ0v) is 22.0. The zero-order valence-electron chi connectivity index (χ0n) is 20.4. The monoisotopic (exact) mass is 520 g/mol. The summed E-state index contributed by atoms with van der Waals surface area (Å²) in [6.07, 6.45) is 6.44. The van der Waals surface area contributed by atoms with Gasteiger partial charge in [0.2, 0.25) is 5.91 Å². The number of allylic oxidation sites excluding steroid dienone is 1. The Morgan fingerprint density at radius 3 is 2.78 bits per heavy atom. The number of thioether (sulfide) groups is 1. The molecule has 10 heteroatoms. The molecule has 8 nitrogen and oxygen atoms in total. The standard InChI is InChI=1S/C26H28N6O2S2/c1-4-14-31-24(20-15-35-21-13-9-8-12-19(20)21)28-29-26(31)36-16-22(33)27-23-17(2)30(3)32(25(23)34)18-10-6-5-7-11-18/h4-7,10-11,15H,1,8-9,12-14,16H2,2-3H3,(H,27,33). The molecule has 1 aliphatic rings. The number of hydrogen-bond acceptors (Lipinski definition) is 6. The Labute approximate surface area is 217 Å². The molecule has 3 heterocycles. The minimum absolute atomic E-state index is 0.107. The van der Waals surface area contributed by atoms with Gasteiger partial charge in [0.05, 0.1) is 17.1 Å². The summed E-state index contributed by atoms with van der Waals surface area (Å²) in [5.41, 5.74) is 3.96. The average Bonchev–Trinajstić information content (AvgIpc) is 3.55. The highest BCUT2D eigenvalue weighted by Gasteiger charge is 2.23. The Hall–Kier alpha value is -3.37. The number of hydrogen-bond donors (Lipinski definition) is 1. The Kier molecular flexibility index (Phi) is 6.97. The molecule has 0 unspecified atom stereocenters. The first-order valence-electron chi connectivity index (χ1n) is 11.9. The summed E-state index contributed by atoms with van der Waals surface area (Å²) in [5, 5.41) is 14.5. The first-order chi connectivity index (χ1) is 17.5. The van der Waals surface area contributed by atoms with Gasteiger partial charge in [0.25, 0.3) is 5.56 Å². The number of carbonyl (C=O) groups excluding carboxylic acids is 1. The quantitative estimate of drug-likeness (QED) is 0.271. The predicted octanol–water partition coefficient (Wildman–Crippen LogP) is 4.60. The molecular formula is C26H28N6O2S2. The van der Waals surface area contributed by atoms with E-state index in [-0.39, 0.29) is 22.9 Å². The van der Waals surface area contributed by atoms with Gasteiger partial charge >= 0.3 is 0 Å². The fourth-order valence-electron chi connectivity index (χ4n) is 4.59. The van der Waals surface area contributed by atoms with E-state index in [0.29, 0.717) is 17.4 Å². The highest BCUT2D eigenvalue weighted by Crippen LogP contribution is 2.36. The number of aryl methyl sites for hydroxylation is 1. The Bertz CT molecular complexity index is 1480. The Morgan fingerprint density at radius 1 is 1.22 bits per heavy atom. The number of fused-ring (bicyclic) bond motifs is 1. The van der Waals surface area contributed by atoms with Crippen LogP contribution in [0.4, 0.5) is 5.69 Å². The van der Waals surface area contributed by atoms with Crippen molar-refractivity contribution < 1.29 is 4.79 Å². The van der Waals surface area contributed by atoms with Gasteiger partial charge in [0, 0.05) is 29.4 Å².